The molecule has 0 saturated carbocycles. The van der Waals surface area contributed by atoms with Crippen molar-refractivity contribution in [1.82, 2.24) is 20.6 Å². The Bertz CT molecular complexity index is 1170. The van der Waals surface area contributed by atoms with Gasteiger partial charge in [-0.25, -0.2) is 4.98 Å². The van der Waals surface area contributed by atoms with Crippen LogP contribution in [0, 0.1) is 0 Å². The fourth-order valence-electron chi connectivity index (χ4n) is 3.64. The van der Waals surface area contributed by atoms with E-state index in [4.69, 9.17) is 4.74 Å². The number of aromatic amines is 1. The van der Waals surface area contributed by atoms with Crippen LogP contribution in [-0.4, -0.2) is 33.6 Å². The number of nitrogens with one attached hydrogen (secondary N) is 3. The lowest BCUT2D eigenvalue weighted by Gasteiger charge is -2.19. The molecule has 2 aliphatic heterocycles. The van der Waals surface area contributed by atoms with Crippen molar-refractivity contribution in [3.8, 4) is 0 Å². The number of benzene rings is 1. The number of hydrogen-bond acceptors (Lipinski definition) is 5. The molecule has 1 aromatic heterocycles. The van der Waals surface area contributed by atoms with Crippen molar-refractivity contribution < 1.29 is 9.84 Å². The monoisotopic (exact) mass is 418 g/mol. The van der Waals surface area contributed by atoms with E-state index in [-0.39, 0.29) is 17.7 Å². The van der Waals surface area contributed by atoms with Crippen LogP contribution in [0.15, 0.2) is 59.7 Å². The Hall–Kier alpha value is -3.09. The molecule has 4 N–H and O–H groups in total. The molecular weight excluding hydrogens is 388 g/mol. The number of epoxide rings is 1. The number of nitrogens with zero attached hydrogens (tertiary/aromatic N) is 1. The van der Waals surface area contributed by atoms with Gasteiger partial charge in [-0.15, -0.1) is 0 Å². The molecule has 0 amide bonds. The number of ether oxygens (including phenoxy) is 1. The predicted molar refractivity (Wildman–Crippen MR) is 124 cm³/mol. The molecule has 3 atom stereocenters. The van der Waals surface area contributed by atoms with E-state index in [9.17, 15) is 5.11 Å². The minimum atomic E-state index is -0.885. The molecule has 0 aliphatic carbocycles. The van der Waals surface area contributed by atoms with E-state index in [0.29, 0.717) is 5.70 Å². The largest absolute Gasteiger partial charge is 0.368 e. The van der Waals surface area contributed by atoms with E-state index in [0.717, 1.165) is 33.1 Å². The molecule has 3 unspecified atom stereocenters. The van der Waals surface area contributed by atoms with E-state index in [1.165, 1.54) is 0 Å². The molecule has 31 heavy (non-hydrogen) atoms. The SMILES string of the molecule is C=c1cccc/c1=C/C=C(C)/C=C1\NC(O)/C(=C/c2nc[nH]c2C(C)(C)C)NC2OC12. The van der Waals surface area contributed by atoms with E-state index in [1.807, 2.05) is 55.5 Å². The Morgan fingerprint density at radius 2 is 1.97 bits per heavy atom. The lowest BCUT2D eigenvalue weighted by Crippen LogP contribution is -2.34. The Balaban J connectivity index is 1.57. The average Bonchev–Trinajstić information content (AvgIpc) is 3.32. The number of aliphatic hydroxyl groups is 1. The van der Waals surface area contributed by atoms with Crippen molar-refractivity contribution in [2.24, 2.45) is 0 Å². The van der Waals surface area contributed by atoms with Crippen molar-refractivity contribution in [3.63, 3.8) is 0 Å². The van der Waals surface area contributed by atoms with E-state index >= 15 is 0 Å². The number of imidazole rings is 1. The van der Waals surface area contributed by atoms with Crippen LogP contribution in [0.1, 0.15) is 39.1 Å². The van der Waals surface area contributed by atoms with Gasteiger partial charge < -0.3 is 25.5 Å². The fourth-order valence-corrected chi connectivity index (χ4v) is 3.64. The molecule has 2 aliphatic rings. The van der Waals surface area contributed by atoms with Gasteiger partial charge in [0, 0.05) is 16.8 Å². The summed E-state index contributed by atoms with van der Waals surface area (Å²) in [6, 6.07) is 8.00. The van der Waals surface area contributed by atoms with E-state index in [2.05, 4.69) is 48.0 Å². The molecule has 2 saturated heterocycles. The summed E-state index contributed by atoms with van der Waals surface area (Å²) in [5, 5.41) is 19.3. The van der Waals surface area contributed by atoms with Crippen LogP contribution in [0.2, 0.25) is 0 Å². The van der Waals surface area contributed by atoms with Crippen LogP contribution in [0.5, 0.6) is 0 Å². The highest BCUT2D eigenvalue weighted by molar-refractivity contribution is 5.54. The molecule has 0 spiro atoms. The van der Waals surface area contributed by atoms with Crippen LogP contribution in [0.4, 0.5) is 0 Å². The van der Waals surface area contributed by atoms with Crippen LogP contribution in [-0.2, 0) is 10.2 Å². The van der Waals surface area contributed by atoms with Crippen LogP contribution >= 0.6 is 0 Å². The van der Waals surface area contributed by atoms with Gasteiger partial charge in [0.05, 0.1) is 17.7 Å². The lowest BCUT2D eigenvalue weighted by atomic mass is 9.90. The lowest BCUT2D eigenvalue weighted by molar-refractivity contribution is 0.169. The third-order valence-corrected chi connectivity index (χ3v) is 5.38. The molecule has 1 aromatic carbocycles. The second-order valence-corrected chi connectivity index (χ2v) is 9.06. The molecule has 2 aromatic rings. The molecule has 4 rings (SSSR count). The average molecular weight is 419 g/mol. The highest BCUT2D eigenvalue weighted by atomic mass is 16.6. The zero-order valence-electron chi connectivity index (χ0n) is 18.4. The maximum atomic E-state index is 10.8. The molecule has 3 heterocycles. The van der Waals surface area contributed by atoms with Crippen molar-refractivity contribution in [3.05, 3.63) is 81.5 Å². The molecule has 162 valence electrons. The Labute approximate surface area is 182 Å². The van der Waals surface area contributed by atoms with Crippen LogP contribution < -0.4 is 21.1 Å². The number of allylic oxidation sites excluding steroid dienone is 3. The van der Waals surface area contributed by atoms with Gasteiger partial charge in [0.15, 0.2) is 12.5 Å². The molecule has 6 nitrogen and oxygen atoms in total. The third-order valence-electron chi connectivity index (χ3n) is 5.38. The predicted octanol–water partition coefficient (Wildman–Crippen LogP) is 2.01. The number of aromatic nitrogens is 2. The van der Waals surface area contributed by atoms with Gasteiger partial charge in [-0.3, -0.25) is 0 Å². The van der Waals surface area contributed by atoms with Crippen LogP contribution in [0.3, 0.4) is 0 Å². The van der Waals surface area contributed by atoms with E-state index < -0.39 is 6.23 Å². The van der Waals surface area contributed by atoms with Gasteiger partial charge in [0.2, 0.25) is 0 Å². The minimum Gasteiger partial charge on any atom is -0.368 e. The van der Waals surface area contributed by atoms with Gasteiger partial charge in [-0.05, 0) is 35.1 Å². The number of aliphatic hydroxyl groups excluding tert-OH is 1. The minimum absolute atomic E-state index is 0.0826. The molecule has 6 heteroatoms. The first-order valence-corrected chi connectivity index (χ1v) is 10.5. The summed E-state index contributed by atoms with van der Waals surface area (Å²) in [7, 11) is 0. The van der Waals surface area contributed by atoms with Crippen LogP contribution in [0.25, 0.3) is 18.7 Å². The first kappa shape index (κ1) is 21.2. The summed E-state index contributed by atoms with van der Waals surface area (Å²) in [6.45, 7) is 12.4. The van der Waals surface area contributed by atoms with E-state index in [1.54, 1.807) is 6.33 Å². The first-order valence-electron chi connectivity index (χ1n) is 10.5. The summed E-state index contributed by atoms with van der Waals surface area (Å²) in [6.07, 6.45) is 8.47. The number of fused-ring (bicyclic) bond motifs is 1. The standard InChI is InChI=1S/C25H30N4O2/c1-15(10-11-17-9-7-6-8-16(17)2)12-18-21-24(31-21)29-20(23(30)28-18)13-19-22(25(3,4)5)27-14-26-19/h6-14,21,23-24,28-30H,2H2,1,3-5H3,(H,26,27)/b15-10+,17-11-,18-12-,20-13-. The first-order chi connectivity index (χ1) is 14.7. The zero-order chi connectivity index (χ0) is 22.2. The highest BCUT2D eigenvalue weighted by Crippen LogP contribution is 2.32. The van der Waals surface area contributed by atoms with Gasteiger partial charge >= 0.3 is 0 Å². The molecule has 2 fully saturated rings. The maximum absolute atomic E-state index is 10.8. The van der Waals surface area contributed by atoms with Crippen molar-refractivity contribution in [2.75, 3.05) is 0 Å². The van der Waals surface area contributed by atoms with Gasteiger partial charge in [0.1, 0.15) is 6.10 Å². The van der Waals surface area contributed by atoms with Crippen molar-refractivity contribution in [1.29, 1.82) is 0 Å². The summed E-state index contributed by atoms with van der Waals surface area (Å²) >= 11 is 0. The fraction of sp³-hybridized carbons (Fsp3) is 0.320. The smallest absolute Gasteiger partial charge is 0.165 e. The summed E-state index contributed by atoms with van der Waals surface area (Å²) in [4.78, 5) is 7.63. The number of hydrogen-bond donors (Lipinski definition) is 4. The molecular formula is C25H30N4O2. The highest BCUT2D eigenvalue weighted by Gasteiger charge is 2.46. The van der Waals surface area contributed by atoms with Crippen molar-refractivity contribution in [2.45, 2.75) is 51.7 Å². The summed E-state index contributed by atoms with van der Waals surface area (Å²) in [5.41, 5.74) is 4.26. The number of rotatable bonds is 3. The number of H-pyrrole nitrogens is 1. The Kier molecular flexibility index (Phi) is 5.60. The second kappa shape index (κ2) is 8.21. The molecule has 0 radical (unpaired) electrons. The third kappa shape index (κ3) is 4.81. The Morgan fingerprint density at radius 3 is 2.71 bits per heavy atom. The summed E-state index contributed by atoms with van der Waals surface area (Å²) < 4.78 is 5.78. The Morgan fingerprint density at radius 1 is 1.19 bits per heavy atom. The second-order valence-electron chi connectivity index (χ2n) is 9.06. The normalized spacial score (nSPS) is 26.9. The zero-order valence-corrected chi connectivity index (χ0v) is 18.4. The maximum Gasteiger partial charge on any atom is 0.165 e. The topological polar surface area (TPSA) is 85.5 Å². The van der Waals surface area contributed by atoms with Crippen molar-refractivity contribution >= 4 is 18.7 Å². The quantitative estimate of drug-likeness (QED) is 0.573. The molecule has 0 bridgehead atoms. The van der Waals surface area contributed by atoms with Gasteiger partial charge in [-0.1, -0.05) is 63.8 Å². The summed E-state index contributed by atoms with van der Waals surface area (Å²) in [5.74, 6) is 0. The van der Waals surface area contributed by atoms with Gasteiger partial charge in [0.25, 0.3) is 0 Å². The van der Waals surface area contributed by atoms with Gasteiger partial charge in [-0.2, -0.15) is 0 Å².